The van der Waals surface area contributed by atoms with Crippen molar-refractivity contribution in [3.63, 3.8) is 0 Å². The molecule has 2 aromatic rings. The highest BCUT2D eigenvalue weighted by Crippen LogP contribution is 2.31. The van der Waals surface area contributed by atoms with Crippen LogP contribution in [0.5, 0.6) is 5.75 Å². The lowest BCUT2D eigenvalue weighted by Crippen LogP contribution is -2.54. The predicted molar refractivity (Wildman–Crippen MR) is 108 cm³/mol. The maximum absolute atomic E-state index is 13.5. The fraction of sp³-hybridized carbons (Fsp3) is 0.435. The van der Waals surface area contributed by atoms with E-state index in [1.807, 2.05) is 30.3 Å². The van der Waals surface area contributed by atoms with Crippen LogP contribution < -0.4 is 10.1 Å². The van der Waals surface area contributed by atoms with E-state index < -0.39 is 18.0 Å². The Morgan fingerprint density at radius 2 is 1.83 bits per heavy atom. The SMILES string of the molecule is O=C(N[C@@H]1C[C@@H](Oc2ccccc2)[C@H](O)[C@H]1N1CCCCC1)c1cccc(F)c1. The van der Waals surface area contributed by atoms with Crippen molar-refractivity contribution >= 4 is 5.91 Å². The molecule has 1 saturated carbocycles. The van der Waals surface area contributed by atoms with E-state index in [0.717, 1.165) is 25.9 Å². The summed E-state index contributed by atoms with van der Waals surface area (Å²) in [5.74, 6) is -0.0721. The topological polar surface area (TPSA) is 61.8 Å². The zero-order valence-electron chi connectivity index (χ0n) is 16.3. The molecule has 2 fully saturated rings. The minimum atomic E-state index is -0.717. The first-order valence-electron chi connectivity index (χ1n) is 10.3. The minimum absolute atomic E-state index is 0.221. The van der Waals surface area contributed by atoms with Gasteiger partial charge in [-0.25, -0.2) is 4.39 Å². The van der Waals surface area contributed by atoms with Gasteiger partial charge in [-0.2, -0.15) is 0 Å². The molecule has 0 unspecified atom stereocenters. The smallest absolute Gasteiger partial charge is 0.251 e. The number of aliphatic hydroxyl groups excluding tert-OH is 1. The van der Waals surface area contributed by atoms with E-state index in [4.69, 9.17) is 4.74 Å². The number of para-hydroxylation sites is 1. The molecular formula is C23H27FN2O3. The number of halogens is 1. The third-order valence-electron chi connectivity index (χ3n) is 5.88. The van der Waals surface area contributed by atoms with Gasteiger partial charge in [-0.15, -0.1) is 0 Å². The molecule has 5 nitrogen and oxygen atoms in total. The fourth-order valence-corrected chi connectivity index (χ4v) is 4.49. The van der Waals surface area contributed by atoms with E-state index in [-0.39, 0.29) is 23.6 Å². The number of carbonyl (C=O) groups excluding carboxylic acids is 1. The van der Waals surface area contributed by atoms with Crippen LogP contribution in [0.3, 0.4) is 0 Å². The Bertz CT molecular complexity index is 826. The summed E-state index contributed by atoms with van der Waals surface area (Å²) in [5.41, 5.74) is 0.282. The van der Waals surface area contributed by atoms with Crippen molar-refractivity contribution in [2.45, 2.75) is 50.0 Å². The molecule has 1 heterocycles. The average molecular weight is 398 g/mol. The van der Waals surface area contributed by atoms with Crippen molar-refractivity contribution < 1.29 is 19.0 Å². The van der Waals surface area contributed by atoms with E-state index in [9.17, 15) is 14.3 Å². The van der Waals surface area contributed by atoms with E-state index in [2.05, 4.69) is 10.2 Å². The highest BCUT2D eigenvalue weighted by Gasteiger charge is 2.47. The lowest BCUT2D eigenvalue weighted by molar-refractivity contribution is 0.00146. The van der Waals surface area contributed by atoms with Crippen LogP contribution in [0.25, 0.3) is 0 Å². The van der Waals surface area contributed by atoms with Crippen LogP contribution >= 0.6 is 0 Å². The number of ether oxygens (including phenoxy) is 1. The van der Waals surface area contributed by atoms with Gasteiger partial charge in [0, 0.05) is 12.0 Å². The van der Waals surface area contributed by atoms with E-state index in [0.29, 0.717) is 12.2 Å². The second-order valence-electron chi connectivity index (χ2n) is 7.87. The number of carbonyl (C=O) groups is 1. The molecule has 1 amide bonds. The number of rotatable bonds is 5. The number of hydrogen-bond donors (Lipinski definition) is 2. The monoisotopic (exact) mass is 398 g/mol. The number of aliphatic hydroxyl groups is 1. The van der Waals surface area contributed by atoms with Crippen molar-refractivity contribution in [1.82, 2.24) is 10.2 Å². The Labute approximate surface area is 170 Å². The maximum Gasteiger partial charge on any atom is 0.251 e. The van der Waals surface area contributed by atoms with Crippen LogP contribution in [0.1, 0.15) is 36.0 Å². The average Bonchev–Trinajstić information content (AvgIpc) is 3.04. The van der Waals surface area contributed by atoms with Crippen molar-refractivity contribution in [2.24, 2.45) is 0 Å². The van der Waals surface area contributed by atoms with Crippen LogP contribution in [0, 0.1) is 5.82 Å². The number of hydrogen-bond acceptors (Lipinski definition) is 4. The molecular weight excluding hydrogens is 371 g/mol. The van der Waals surface area contributed by atoms with Crippen molar-refractivity contribution in [2.75, 3.05) is 13.1 Å². The first-order chi connectivity index (χ1) is 14.1. The number of benzene rings is 2. The molecule has 0 radical (unpaired) electrons. The number of nitrogens with one attached hydrogen (secondary N) is 1. The number of amides is 1. The standard InChI is InChI=1S/C23H27FN2O3/c24-17-9-7-8-16(14-17)23(28)25-19-15-20(29-18-10-3-1-4-11-18)22(27)21(19)26-12-5-2-6-13-26/h1,3-4,7-11,14,19-22,27H,2,5-6,12-13,15H2,(H,25,28)/t19-,20-,21+,22+/m1/s1. The molecule has 0 spiro atoms. The normalized spacial score (nSPS) is 27.5. The van der Waals surface area contributed by atoms with Gasteiger partial charge in [0.1, 0.15) is 23.8 Å². The van der Waals surface area contributed by atoms with Gasteiger partial charge in [0.05, 0.1) is 12.1 Å². The molecule has 29 heavy (non-hydrogen) atoms. The summed E-state index contributed by atoms with van der Waals surface area (Å²) in [4.78, 5) is 15.0. The van der Waals surface area contributed by atoms with E-state index >= 15 is 0 Å². The van der Waals surface area contributed by atoms with Crippen LogP contribution in [0.4, 0.5) is 4.39 Å². The summed E-state index contributed by atoms with van der Waals surface area (Å²) >= 11 is 0. The lowest BCUT2D eigenvalue weighted by atomic mass is 10.0. The third kappa shape index (κ3) is 4.60. The first-order valence-corrected chi connectivity index (χ1v) is 10.3. The molecule has 154 valence electrons. The Balaban J connectivity index is 1.52. The Hall–Kier alpha value is -2.44. The van der Waals surface area contributed by atoms with Crippen LogP contribution in [-0.2, 0) is 0 Å². The second-order valence-corrected chi connectivity index (χ2v) is 7.87. The molecule has 0 bridgehead atoms. The summed E-state index contributed by atoms with van der Waals surface area (Å²) < 4.78 is 19.6. The number of nitrogens with zero attached hydrogens (tertiary/aromatic N) is 1. The summed E-state index contributed by atoms with van der Waals surface area (Å²) in [6.07, 6.45) is 2.71. The van der Waals surface area contributed by atoms with Crippen LogP contribution in [0.2, 0.25) is 0 Å². The first kappa shape index (κ1) is 19.9. The maximum atomic E-state index is 13.5. The van der Waals surface area contributed by atoms with Crippen molar-refractivity contribution in [3.05, 3.63) is 66.0 Å². The van der Waals surface area contributed by atoms with Gasteiger partial charge in [0.2, 0.25) is 0 Å². The van der Waals surface area contributed by atoms with E-state index in [1.54, 1.807) is 6.07 Å². The molecule has 1 aliphatic carbocycles. The van der Waals surface area contributed by atoms with Gasteiger partial charge in [-0.1, -0.05) is 30.7 Å². The molecule has 4 rings (SSSR count). The molecule has 4 atom stereocenters. The van der Waals surface area contributed by atoms with Gasteiger partial charge >= 0.3 is 0 Å². The summed E-state index contributed by atoms with van der Waals surface area (Å²) in [5, 5.41) is 14.1. The minimum Gasteiger partial charge on any atom is -0.488 e. The summed E-state index contributed by atoms with van der Waals surface area (Å²) in [6, 6.07) is 14.6. The summed E-state index contributed by atoms with van der Waals surface area (Å²) in [6.45, 7) is 1.79. The Morgan fingerprint density at radius 3 is 2.55 bits per heavy atom. The molecule has 2 aromatic carbocycles. The highest BCUT2D eigenvalue weighted by atomic mass is 19.1. The lowest BCUT2D eigenvalue weighted by Gasteiger charge is -2.37. The third-order valence-corrected chi connectivity index (χ3v) is 5.88. The number of likely N-dealkylation sites (tertiary alicyclic amines) is 1. The highest BCUT2D eigenvalue weighted by molar-refractivity contribution is 5.94. The second kappa shape index (κ2) is 8.93. The predicted octanol–water partition coefficient (Wildman–Crippen LogP) is 2.99. The molecule has 2 aliphatic rings. The quantitative estimate of drug-likeness (QED) is 0.813. The Morgan fingerprint density at radius 1 is 1.07 bits per heavy atom. The molecule has 6 heteroatoms. The largest absolute Gasteiger partial charge is 0.488 e. The van der Waals surface area contributed by atoms with Crippen molar-refractivity contribution in [3.8, 4) is 5.75 Å². The van der Waals surface area contributed by atoms with Gasteiger partial charge < -0.3 is 15.2 Å². The summed E-state index contributed by atoms with van der Waals surface area (Å²) in [7, 11) is 0. The molecule has 2 N–H and O–H groups in total. The molecule has 0 aromatic heterocycles. The number of piperidine rings is 1. The van der Waals surface area contributed by atoms with Gasteiger partial charge in [-0.05, 0) is 56.3 Å². The zero-order chi connectivity index (χ0) is 20.2. The van der Waals surface area contributed by atoms with Gasteiger partial charge in [0.15, 0.2) is 0 Å². The molecule has 1 aliphatic heterocycles. The van der Waals surface area contributed by atoms with Gasteiger partial charge in [-0.3, -0.25) is 9.69 Å². The van der Waals surface area contributed by atoms with Crippen LogP contribution in [-0.4, -0.2) is 53.3 Å². The Kier molecular flexibility index (Phi) is 6.11. The van der Waals surface area contributed by atoms with Crippen LogP contribution in [0.15, 0.2) is 54.6 Å². The van der Waals surface area contributed by atoms with E-state index in [1.165, 1.54) is 24.6 Å². The van der Waals surface area contributed by atoms with Gasteiger partial charge in [0.25, 0.3) is 5.91 Å². The zero-order valence-corrected chi connectivity index (χ0v) is 16.3. The molecule has 1 saturated heterocycles. The fourth-order valence-electron chi connectivity index (χ4n) is 4.49. The van der Waals surface area contributed by atoms with Crippen molar-refractivity contribution in [1.29, 1.82) is 0 Å².